The third kappa shape index (κ3) is 3.10. The second-order valence-electron chi connectivity index (χ2n) is 4.46. The second-order valence-corrected chi connectivity index (χ2v) is 5.69. The summed E-state index contributed by atoms with van der Waals surface area (Å²) in [4.78, 5) is 24.9. The molecular weight excluding hydrogens is 334 g/mol. The Bertz CT molecular complexity index is 709. The minimum absolute atomic E-state index is 0.0648. The molecule has 116 valence electrons. The van der Waals surface area contributed by atoms with Gasteiger partial charge in [0.1, 0.15) is 5.82 Å². The van der Waals surface area contributed by atoms with E-state index in [-0.39, 0.29) is 10.7 Å². The van der Waals surface area contributed by atoms with Crippen LogP contribution in [-0.4, -0.2) is 19.0 Å². The van der Waals surface area contributed by atoms with Gasteiger partial charge >= 0.3 is 6.03 Å². The maximum atomic E-state index is 13.6. The van der Waals surface area contributed by atoms with Crippen molar-refractivity contribution >= 4 is 40.6 Å². The lowest BCUT2D eigenvalue weighted by Crippen LogP contribution is -2.41. The van der Waals surface area contributed by atoms with E-state index < -0.39 is 28.4 Å². The molecule has 0 atom stereocenters. The maximum Gasteiger partial charge on any atom is 0.328 e. The number of benzene rings is 1. The standard InChI is InChI=1S/C14H11ClF2N2O2S/c1-7-6-22-12(17)11(7)19(2)14(21)18-13(20)10-8(15)4-3-5-9(10)16/h3-6H,1-2H3,(H,18,20,21). The van der Waals surface area contributed by atoms with Crippen LogP contribution in [0.5, 0.6) is 0 Å². The van der Waals surface area contributed by atoms with Crippen molar-refractivity contribution in [3.63, 3.8) is 0 Å². The van der Waals surface area contributed by atoms with Crippen LogP contribution in [0.25, 0.3) is 0 Å². The third-order valence-electron chi connectivity index (χ3n) is 2.95. The molecule has 4 nitrogen and oxygen atoms in total. The van der Waals surface area contributed by atoms with Crippen LogP contribution in [0, 0.1) is 17.9 Å². The number of thiophene rings is 1. The van der Waals surface area contributed by atoms with Crippen molar-refractivity contribution in [2.45, 2.75) is 6.92 Å². The highest BCUT2D eigenvalue weighted by Crippen LogP contribution is 2.28. The number of imide groups is 1. The first-order chi connectivity index (χ1) is 10.3. The zero-order valence-electron chi connectivity index (χ0n) is 11.6. The lowest BCUT2D eigenvalue weighted by Gasteiger charge is -2.17. The zero-order chi connectivity index (χ0) is 16.4. The quantitative estimate of drug-likeness (QED) is 0.896. The molecule has 8 heteroatoms. The third-order valence-corrected chi connectivity index (χ3v) is 4.14. The van der Waals surface area contributed by atoms with Gasteiger partial charge in [-0.1, -0.05) is 17.7 Å². The number of urea groups is 1. The van der Waals surface area contributed by atoms with Crippen LogP contribution < -0.4 is 10.2 Å². The fourth-order valence-electron chi connectivity index (χ4n) is 1.86. The smallest absolute Gasteiger partial charge is 0.293 e. The molecule has 0 saturated carbocycles. The zero-order valence-corrected chi connectivity index (χ0v) is 13.2. The minimum Gasteiger partial charge on any atom is -0.293 e. The molecule has 1 aromatic heterocycles. The fourth-order valence-corrected chi connectivity index (χ4v) is 2.91. The van der Waals surface area contributed by atoms with E-state index in [1.165, 1.54) is 19.2 Å². The van der Waals surface area contributed by atoms with E-state index in [9.17, 15) is 18.4 Å². The van der Waals surface area contributed by atoms with Crippen LogP contribution in [0.2, 0.25) is 5.02 Å². The molecule has 0 radical (unpaired) electrons. The number of hydrogen-bond acceptors (Lipinski definition) is 3. The molecule has 1 N–H and O–H groups in total. The van der Waals surface area contributed by atoms with Crippen molar-refractivity contribution < 1.29 is 18.4 Å². The van der Waals surface area contributed by atoms with Gasteiger partial charge in [0.2, 0.25) is 5.13 Å². The van der Waals surface area contributed by atoms with Crippen LogP contribution >= 0.6 is 22.9 Å². The highest BCUT2D eigenvalue weighted by molar-refractivity contribution is 7.08. The first kappa shape index (κ1) is 16.4. The molecule has 0 fully saturated rings. The van der Waals surface area contributed by atoms with Crippen LogP contribution in [0.15, 0.2) is 23.6 Å². The van der Waals surface area contributed by atoms with Gasteiger partial charge in [0.05, 0.1) is 16.3 Å². The van der Waals surface area contributed by atoms with E-state index in [0.29, 0.717) is 5.56 Å². The van der Waals surface area contributed by atoms with Crippen LogP contribution in [0.1, 0.15) is 15.9 Å². The molecule has 0 aliphatic carbocycles. The minimum atomic E-state index is -0.992. The van der Waals surface area contributed by atoms with Gasteiger partial charge in [-0.3, -0.25) is 15.0 Å². The van der Waals surface area contributed by atoms with E-state index in [0.717, 1.165) is 22.3 Å². The second kappa shape index (κ2) is 6.41. The summed E-state index contributed by atoms with van der Waals surface area (Å²) in [6.07, 6.45) is 0. The van der Waals surface area contributed by atoms with Gasteiger partial charge < -0.3 is 0 Å². The van der Waals surface area contributed by atoms with Crippen LogP contribution in [0.3, 0.4) is 0 Å². The Labute approximate surface area is 134 Å². The van der Waals surface area contributed by atoms with Crippen molar-refractivity contribution in [2.75, 3.05) is 11.9 Å². The van der Waals surface area contributed by atoms with Crippen molar-refractivity contribution in [2.24, 2.45) is 0 Å². The number of rotatable bonds is 2. The molecule has 0 bridgehead atoms. The summed E-state index contributed by atoms with van der Waals surface area (Å²) in [6.45, 7) is 1.63. The number of carbonyl (C=O) groups is 2. The number of anilines is 1. The molecule has 0 aliphatic rings. The molecule has 0 aliphatic heterocycles. The van der Waals surface area contributed by atoms with Gasteiger partial charge in [-0.25, -0.2) is 9.18 Å². The van der Waals surface area contributed by atoms with Crippen molar-refractivity contribution in [3.05, 3.63) is 50.7 Å². The lowest BCUT2D eigenvalue weighted by atomic mass is 10.2. The fraction of sp³-hybridized carbons (Fsp3) is 0.143. The average Bonchev–Trinajstić information content (AvgIpc) is 2.77. The maximum absolute atomic E-state index is 13.6. The molecule has 1 heterocycles. The Morgan fingerprint density at radius 1 is 1.32 bits per heavy atom. The Morgan fingerprint density at radius 2 is 2.00 bits per heavy atom. The monoisotopic (exact) mass is 344 g/mol. The molecule has 2 aromatic rings. The van der Waals surface area contributed by atoms with E-state index in [4.69, 9.17) is 11.6 Å². The molecule has 1 aromatic carbocycles. The van der Waals surface area contributed by atoms with Gasteiger partial charge in [-0.15, -0.1) is 11.3 Å². The van der Waals surface area contributed by atoms with Gasteiger partial charge in [0, 0.05) is 7.05 Å². The lowest BCUT2D eigenvalue weighted by molar-refractivity contribution is 0.0962. The average molecular weight is 345 g/mol. The van der Waals surface area contributed by atoms with Gasteiger partial charge in [0.15, 0.2) is 0 Å². The highest BCUT2D eigenvalue weighted by atomic mass is 35.5. The summed E-state index contributed by atoms with van der Waals surface area (Å²) in [5, 5.41) is 2.86. The first-order valence-corrected chi connectivity index (χ1v) is 7.35. The topological polar surface area (TPSA) is 49.4 Å². The molecule has 3 amide bonds. The molecule has 0 saturated heterocycles. The SMILES string of the molecule is Cc1csc(F)c1N(C)C(=O)NC(=O)c1c(F)cccc1Cl. The molecule has 22 heavy (non-hydrogen) atoms. The predicted octanol–water partition coefficient (Wildman–Crippen LogP) is 3.97. The number of nitrogens with one attached hydrogen (secondary N) is 1. The Hall–Kier alpha value is -1.99. The number of carbonyl (C=O) groups excluding carboxylic acids is 2. The van der Waals surface area contributed by atoms with Gasteiger partial charge in [-0.05, 0) is 30.0 Å². The summed E-state index contributed by atoms with van der Waals surface area (Å²) in [5.74, 6) is -1.84. The van der Waals surface area contributed by atoms with Gasteiger partial charge in [-0.2, -0.15) is 4.39 Å². The van der Waals surface area contributed by atoms with Crippen molar-refractivity contribution in [3.8, 4) is 0 Å². The summed E-state index contributed by atoms with van der Waals surface area (Å²) in [7, 11) is 1.31. The van der Waals surface area contributed by atoms with E-state index in [2.05, 4.69) is 0 Å². The molecule has 2 rings (SSSR count). The van der Waals surface area contributed by atoms with Crippen LogP contribution in [-0.2, 0) is 0 Å². The number of halogens is 3. The van der Waals surface area contributed by atoms with Gasteiger partial charge in [0.25, 0.3) is 5.91 Å². The molecule has 0 unspecified atom stereocenters. The Morgan fingerprint density at radius 3 is 2.55 bits per heavy atom. The van der Waals surface area contributed by atoms with E-state index >= 15 is 0 Å². The number of aryl methyl sites for hydroxylation is 1. The normalized spacial score (nSPS) is 10.4. The highest BCUT2D eigenvalue weighted by Gasteiger charge is 2.23. The Kier molecular flexibility index (Phi) is 4.77. The molecule has 0 spiro atoms. The Balaban J connectivity index is 2.20. The van der Waals surface area contributed by atoms with Crippen LogP contribution in [0.4, 0.5) is 19.3 Å². The predicted molar refractivity (Wildman–Crippen MR) is 81.7 cm³/mol. The first-order valence-electron chi connectivity index (χ1n) is 6.09. The summed E-state index contributed by atoms with van der Waals surface area (Å²) >= 11 is 6.60. The van der Waals surface area contributed by atoms with Crippen molar-refractivity contribution in [1.82, 2.24) is 5.32 Å². The van der Waals surface area contributed by atoms with E-state index in [1.54, 1.807) is 12.3 Å². The molecular formula is C14H11ClF2N2O2S. The summed E-state index contributed by atoms with van der Waals surface area (Å²) < 4.78 is 27.3. The largest absolute Gasteiger partial charge is 0.328 e. The number of nitrogens with zero attached hydrogens (tertiary/aromatic N) is 1. The summed E-state index contributed by atoms with van der Waals surface area (Å²) in [6, 6.07) is 2.84. The van der Waals surface area contributed by atoms with E-state index in [1.807, 2.05) is 5.32 Å². The number of amides is 3. The van der Waals surface area contributed by atoms with Crippen molar-refractivity contribution in [1.29, 1.82) is 0 Å². The number of hydrogen-bond donors (Lipinski definition) is 1. The summed E-state index contributed by atoms with van der Waals surface area (Å²) in [5.41, 5.74) is 0.180.